The summed E-state index contributed by atoms with van der Waals surface area (Å²) in [5.74, 6) is -0.125. The number of nitrogens with zero attached hydrogens (tertiary/aromatic N) is 5. The molecule has 3 heterocycles. The van der Waals surface area contributed by atoms with Gasteiger partial charge >= 0.3 is 5.69 Å². The molecule has 0 unspecified atom stereocenters. The van der Waals surface area contributed by atoms with Crippen LogP contribution in [0.2, 0.25) is 0 Å². The minimum absolute atomic E-state index is 0.128. The van der Waals surface area contributed by atoms with E-state index in [4.69, 9.17) is 0 Å². The average Bonchev–Trinajstić information content (AvgIpc) is 3.26. The molecule has 0 bridgehead atoms. The number of imidazole rings is 1. The van der Waals surface area contributed by atoms with E-state index in [0.29, 0.717) is 25.8 Å². The Hall–Kier alpha value is -3.62. The number of aryl methyl sites for hydroxylation is 1. The highest BCUT2D eigenvalue weighted by molar-refractivity contribution is 5.76. The van der Waals surface area contributed by atoms with Crippen LogP contribution in [-0.2, 0) is 26.1 Å². The van der Waals surface area contributed by atoms with Crippen LogP contribution in [-0.4, -0.2) is 28.2 Å². The largest absolute Gasteiger partial charge is 0.494 e. The number of benzene rings is 1. The SMILES string of the molecule is CCCCn1c(=O)c2c(nc3n(Cc4ccccc4)c(=O)c(CCC)c(O)n23)n(CCCC)c1=O. The highest BCUT2D eigenvalue weighted by Crippen LogP contribution is 2.23. The van der Waals surface area contributed by atoms with Crippen molar-refractivity contribution in [3.8, 4) is 5.88 Å². The molecular formula is C26H33N5O4. The number of hydrogen-bond acceptors (Lipinski definition) is 5. The van der Waals surface area contributed by atoms with Gasteiger partial charge in [0.25, 0.3) is 11.1 Å². The molecule has 3 aromatic heterocycles. The van der Waals surface area contributed by atoms with Gasteiger partial charge in [0.15, 0.2) is 11.2 Å². The highest BCUT2D eigenvalue weighted by atomic mass is 16.3. The maximum atomic E-state index is 13.6. The van der Waals surface area contributed by atoms with E-state index < -0.39 is 11.2 Å². The molecule has 0 radical (unpaired) electrons. The minimum atomic E-state index is -0.499. The summed E-state index contributed by atoms with van der Waals surface area (Å²) in [6.45, 7) is 6.87. The Morgan fingerprint density at radius 1 is 0.829 bits per heavy atom. The standard InChI is InChI=1S/C26H33N5O4/c1-4-7-15-28-21-20(24(34)29(26(28)35)16-8-5-2)31-23(33)19(12-6-3)22(32)30(25(31)27-21)17-18-13-10-9-11-14-18/h9-11,13-14,33H,4-8,12,15-17H2,1-3H3. The summed E-state index contributed by atoms with van der Waals surface area (Å²) in [5, 5.41) is 11.2. The first-order valence-corrected chi connectivity index (χ1v) is 12.5. The first kappa shape index (κ1) is 24.5. The van der Waals surface area contributed by atoms with Crippen LogP contribution in [0.1, 0.15) is 64.0 Å². The highest BCUT2D eigenvalue weighted by Gasteiger charge is 2.25. The summed E-state index contributed by atoms with van der Waals surface area (Å²) < 4.78 is 5.61. The molecule has 0 saturated carbocycles. The lowest BCUT2D eigenvalue weighted by molar-refractivity contribution is 0.433. The van der Waals surface area contributed by atoms with Crippen molar-refractivity contribution >= 4 is 16.9 Å². The molecule has 9 heteroatoms. The summed E-state index contributed by atoms with van der Waals surface area (Å²) in [4.78, 5) is 45.1. The molecule has 0 fully saturated rings. The molecule has 4 aromatic rings. The van der Waals surface area contributed by atoms with Crippen molar-refractivity contribution in [2.45, 2.75) is 78.9 Å². The Labute approximate surface area is 202 Å². The van der Waals surface area contributed by atoms with Crippen molar-refractivity contribution in [2.75, 3.05) is 0 Å². The van der Waals surface area contributed by atoms with Gasteiger partial charge < -0.3 is 5.11 Å². The third-order valence-corrected chi connectivity index (χ3v) is 6.39. The average molecular weight is 480 g/mol. The van der Waals surface area contributed by atoms with Crippen molar-refractivity contribution in [3.63, 3.8) is 0 Å². The lowest BCUT2D eigenvalue weighted by atomic mass is 10.1. The van der Waals surface area contributed by atoms with Crippen LogP contribution in [0.25, 0.3) is 16.9 Å². The third-order valence-electron chi connectivity index (χ3n) is 6.39. The monoisotopic (exact) mass is 479 g/mol. The van der Waals surface area contributed by atoms with E-state index in [1.165, 1.54) is 18.1 Å². The Morgan fingerprint density at radius 2 is 1.49 bits per heavy atom. The van der Waals surface area contributed by atoms with Crippen LogP contribution in [0, 0.1) is 0 Å². The summed E-state index contributed by atoms with van der Waals surface area (Å²) >= 11 is 0. The maximum absolute atomic E-state index is 13.6. The van der Waals surface area contributed by atoms with Crippen LogP contribution in [0.15, 0.2) is 44.7 Å². The van der Waals surface area contributed by atoms with Crippen molar-refractivity contribution in [3.05, 3.63) is 72.7 Å². The van der Waals surface area contributed by atoms with Gasteiger partial charge in [-0.3, -0.25) is 23.3 Å². The van der Waals surface area contributed by atoms with Crippen LogP contribution in [0.4, 0.5) is 0 Å². The first-order chi connectivity index (χ1) is 16.9. The lowest BCUT2D eigenvalue weighted by Gasteiger charge is -2.13. The zero-order chi connectivity index (χ0) is 25.1. The van der Waals surface area contributed by atoms with Gasteiger partial charge in [-0.25, -0.2) is 9.20 Å². The normalized spacial score (nSPS) is 11.6. The number of aromatic nitrogens is 5. The second-order valence-corrected chi connectivity index (χ2v) is 8.95. The van der Waals surface area contributed by atoms with Crippen LogP contribution >= 0.6 is 0 Å². The molecule has 0 spiro atoms. The van der Waals surface area contributed by atoms with Gasteiger partial charge in [0.2, 0.25) is 11.7 Å². The number of fused-ring (bicyclic) bond motifs is 3. The molecule has 4 rings (SSSR count). The number of unbranched alkanes of at least 4 members (excludes halogenated alkanes) is 2. The fourth-order valence-corrected chi connectivity index (χ4v) is 4.50. The molecule has 0 atom stereocenters. The number of hydrogen-bond donors (Lipinski definition) is 1. The first-order valence-electron chi connectivity index (χ1n) is 12.5. The Bertz CT molecular complexity index is 1530. The van der Waals surface area contributed by atoms with Crippen molar-refractivity contribution in [1.82, 2.24) is 23.1 Å². The van der Waals surface area contributed by atoms with Crippen molar-refractivity contribution < 1.29 is 5.11 Å². The quantitative estimate of drug-likeness (QED) is 0.376. The fraction of sp³-hybridized carbons (Fsp3) is 0.462. The van der Waals surface area contributed by atoms with Gasteiger partial charge in [-0.05, 0) is 24.8 Å². The summed E-state index contributed by atoms with van der Waals surface area (Å²) in [6, 6.07) is 9.50. The molecule has 0 aliphatic heterocycles. The van der Waals surface area contributed by atoms with Gasteiger partial charge in [-0.15, -0.1) is 0 Å². The lowest BCUT2D eigenvalue weighted by Crippen LogP contribution is -2.40. The molecular weight excluding hydrogens is 446 g/mol. The van der Waals surface area contributed by atoms with Gasteiger partial charge in [0.1, 0.15) is 0 Å². The van der Waals surface area contributed by atoms with Crippen molar-refractivity contribution in [1.29, 1.82) is 0 Å². The van der Waals surface area contributed by atoms with Crippen LogP contribution in [0.3, 0.4) is 0 Å². The molecule has 35 heavy (non-hydrogen) atoms. The zero-order valence-corrected chi connectivity index (χ0v) is 20.7. The minimum Gasteiger partial charge on any atom is -0.494 e. The fourth-order valence-electron chi connectivity index (χ4n) is 4.50. The third kappa shape index (κ3) is 4.31. The van der Waals surface area contributed by atoms with E-state index in [1.807, 2.05) is 51.1 Å². The Balaban J connectivity index is 2.15. The van der Waals surface area contributed by atoms with E-state index in [2.05, 4.69) is 4.98 Å². The molecule has 1 aromatic carbocycles. The van der Waals surface area contributed by atoms with E-state index in [0.717, 1.165) is 24.8 Å². The molecule has 0 aliphatic carbocycles. The van der Waals surface area contributed by atoms with Crippen LogP contribution in [0.5, 0.6) is 5.88 Å². The molecule has 1 N–H and O–H groups in total. The summed E-state index contributed by atoms with van der Waals surface area (Å²) in [5.41, 5.74) is 0.209. The van der Waals surface area contributed by atoms with E-state index >= 15 is 0 Å². The van der Waals surface area contributed by atoms with Gasteiger partial charge in [0.05, 0.1) is 12.1 Å². The predicted octanol–water partition coefficient (Wildman–Crippen LogP) is 3.28. The second-order valence-electron chi connectivity index (χ2n) is 8.95. The van der Waals surface area contributed by atoms with Crippen molar-refractivity contribution in [2.24, 2.45) is 0 Å². The predicted molar refractivity (Wildman–Crippen MR) is 136 cm³/mol. The molecule has 9 nitrogen and oxygen atoms in total. The number of aromatic hydroxyl groups is 1. The van der Waals surface area contributed by atoms with Gasteiger partial charge in [-0.2, -0.15) is 4.98 Å². The van der Waals surface area contributed by atoms with Crippen LogP contribution < -0.4 is 16.8 Å². The maximum Gasteiger partial charge on any atom is 0.332 e. The Morgan fingerprint density at radius 3 is 2.11 bits per heavy atom. The number of rotatable bonds is 10. The van der Waals surface area contributed by atoms with Gasteiger partial charge in [0, 0.05) is 13.1 Å². The molecule has 0 amide bonds. The molecule has 186 valence electrons. The summed E-state index contributed by atoms with van der Waals surface area (Å²) in [7, 11) is 0. The molecule has 0 saturated heterocycles. The van der Waals surface area contributed by atoms with E-state index in [9.17, 15) is 19.5 Å². The Kier molecular flexibility index (Phi) is 7.23. The summed E-state index contributed by atoms with van der Waals surface area (Å²) in [6.07, 6.45) is 4.10. The van der Waals surface area contributed by atoms with Gasteiger partial charge in [-0.1, -0.05) is 70.4 Å². The topological polar surface area (TPSA) is 104 Å². The zero-order valence-electron chi connectivity index (χ0n) is 20.7. The second kappa shape index (κ2) is 10.3. The smallest absolute Gasteiger partial charge is 0.332 e. The van der Waals surface area contributed by atoms with E-state index in [1.54, 1.807) is 0 Å². The molecule has 0 aliphatic rings. The van der Waals surface area contributed by atoms with E-state index in [-0.39, 0.29) is 47.0 Å².